The topological polar surface area (TPSA) is 30.7 Å². The average molecular weight is 275 g/mol. The van der Waals surface area contributed by atoms with Crippen molar-refractivity contribution in [3.63, 3.8) is 0 Å². The zero-order valence-corrected chi connectivity index (χ0v) is 12.9. The molecule has 1 aliphatic carbocycles. The Morgan fingerprint density at radius 3 is 2.68 bits per heavy atom. The van der Waals surface area contributed by atoms with Gasteiger partial charge in [-0.05, 0) is 36.6 Å². The van der Waals surface area contributed by atoms with Crippen LogP contribution in [0.1, 0.15) is 50.1 Å². The van der Waals surface area contributed by atoms with Gasteiger partial charge in [-0.15, -0.1) is 11.3 Å². The minimum atomic E-state index is 0.0809. The van der Waals surface area contributed by atoms with Crippen molar-refractivity contribution in [2.45, 2.75) is 52.5 Å². The van der Waals surface area contributed by atoms with Crippen LogP contribution in [0.5, 0.6) is 0 Å². The van der Waals surface area contributed by atoms with Crippen molar-refractivity contribution in [2.75, 3.05) is 0 Å². The van der Waals surface area contributed by atoms with Crippen molar-refractivity contribution in [1.82, 2.24) is 14.8 Å². The van der Waals surface area contributed by atoms with E-state index in [2.05, 4.69) is 48.1 Å². The Morgan fingerprint density at radius 2 is 2.16 bits per heavy atom. The first kappa shape index (κ1) is 12.9. The van der Waals surface area contributed by atoms with E-state index in [1.807, 2.05) is 18.3 Å². The lowest BCUT2D eigenvalue weighted by Gasteiger charge is -2.19. The van der Waals surface area contributed by atoms with Gasteiger partial charge in [0, 0.05) is 11.4 Å². The number of rotatable bonds is 4. The van der Waals surface area contributed by atoms with Crippen LogP contribution in [0.3, 0.4) is 0 Å². The van der Waals surface area contributed by atoms with Gasteiger partial charge >= 0.3 is 0 Å². The van der Waals surface area contributed by atoms with Crippen LogP contribution in [0.25, 0.3) is 0 Å². The largest absolute Gasteiger partial charge is 0.249 e. The monoisotopic (exact) mass is 275 g/mol. The number of nitrogens with zero attached hydrogens (tertiary/aromatic N) is 3. The molecule has 1 saturated carbocycles. The highest BCUT2D eigenvalue weighted by Gasteiger charge is 2.66. The van der Waals surface area contributed by atoms with Gasteiger partial charge in [0.1, 0.15) is 11.6 Å². The number of hydrogen-bond acceptors (Lipinski definition) is 3. The smallest absolute Gasteiger partial charge is 0.147 e. The van der Waals surface area contributed by atoms with E-state index in [9.17, 15) is 0 Å². The molecular weight excluding hydrogens is 254 g/mol. The van der Waals surface area contributed by atoms with Crippen molar-refractivity contribution in [3.8, 4) is 0 Å². The Bertz CT molecular complexity index is 583. The summed E-state index contributed by atoms with van der Waals surface area (Å²) in [6, 6.07) is 4.39. The Balaban J connectivity index is 2.13. The molecule has 1 atom stereocenters. The second-order valence-electron chi connectivity index (χ2n) is 6.15. The van der Waals surface area contributed by atoms with Gasteiger partial charge in [-0.3, -0.25) is 0 Å². The van der Waals surface area contributed by atoms with Crippen molar-refractivity contribution < 1.29 is 0 Å². The summed E-state index contributed by atoms with van der Waals surface area (Å²) in [5, 5.41) is 6.76. The first-order valence-electron chi connectivity index (χ1n) is 6.97. The predicted octanol–water partition coefficient (Wildman–Crippen LogP) is 3.77. The average Bonchev–Trinajstić information content (AvgIpc) is 2.80. The van der Waals surface area contributed by atoms with Crippen LogP contribution in [-0.2, 0) is 12.0 Å². The molecule has 0 amide bonds. The van der Waals surface area contributed by atoms with Crippen molar-refractivity contribution >= 4 is 11.3 Å². The third-order valence-electron chi connectivity index (χ3n) is 4.27. The van der Waals surface area contributed by atoms with Gasteiger partial charge in [0.15, 0.2) is 0 Å². The molecule has 0 aliphatic heterocycles. The SMILES string of the molecule is CCCn1nc(C)nc1C1(c2cccs2)CC1(C)C. The summed E-state index contributed by atoms with van der Waals surface area (Å²) < 4.78 is 2.13. The Hall–Kier alpha value is -1.16. The third kappa shape index (κ3) is 1.76. The summed E-state index contributed by atoms with van der Waals surface area (Å²) in [6.45, 7) is 9.82. The van der Waals surface area contributed by atoms with Gasteiger partial charge in [-0.25, -0.2) is 9.67 Å². The number of aromatic nitrogens is 3. The van der Waals surface area contributed by atoms with Gasteiger partial charge in [-0.2, -0.15) is 5.10 Å². The molecule has 2 aromatic heterocycles. The van der Waals surface area contributed by atoms with Gasteiger partial charge in [0.2, 0.25) is 0 Å². The second kappa shape index (κ2) is 4.17. The van der Waals surface area contributed by atoms with Crippen molar-refractivity contribution in [3.05, 3.63) is 34.0 Å². The quantitative estimate of drug-likeness (QED) is 0.850. The summed E-state index contributed by atoms with van der Waals surface area (Å²) >= 11 is 1.84. The predicted molar refractivity (Wildman–Crippen MR) is 78.5 cm³/mol. The van der Waals surface area contributed by atoms with Crippen LogP contribution in [0.4, 0.5) is 0 Å². The van der Waals surface area contributed by atoms with E-state index in [4.69, 9.17) is 4.98 Å². The summed E-state index contributed by atoms with van der Waals surface area (Å²) in [5.41, 5.74) is 0.362. The number of hydrogen-bond donors (Lipinski definition) is 0. The van der Waals surface area contributed by atoms with Crippen LogP contribution in [0, 0.1) is 12.3 Å². The van der Waals surface area contributed by atoms with Gasteiger partial charge < -0.3 is 0 Å². The lowest BCUT2D eigenvalue weighted by molar-refractivity contribution is 0.485. The highest BCUT2D eigenvalue weighted by molar-refractivity contribution is 7.10. The molecule has 2 heterocycles. The summed E-state index contributed by atoms with van der Waals surface area (Å²) in [7, 11) is 0. The summed E-state index contributed by atoms with van der Waals surface area (Å²) in [6.07, 6.45) is 2.26. The molecule has 3 nitrogen and oxygen atoms in total. The number of thiophene rings is 1. The minimum Gasteiger partial charge on any atom is -0.249 e. The molecule has 4 heteroatoms. The molecular formula is C15H21N3S. The Labute approximate surface area is 118 Å². The fraction of sp³-hybridized carbons (Fsp3) is 0.600. The van der Waals surface area contributed by atoms with Crippen molar-refractivity contribution in [2.24, 2.45) is 5.41 Å². The molecule has 2 aromatic rings. The highest BCUT2D eigenvalue weighted by Crippen LogP contribution is 2.68. The van der Waals surface area contributed by atoms with Crippen molar-refractivity contribution in [1.29, 1.82) is 0 Å². The molecule has 1 aliphatic rings. The zero-order chi connectivity index (χ0) is 13.7. The minimum absolute atomic E-state index is 0.0809. The van der Waals surface area contributed by atoms with Crippen LogP contribution >= 0.6 is 11.3 Å². The molecule has 0 bridgehead atoms. The molecule has 3 rings (SSSR count). The maximum Gasteiger partial charge on any atom is 0.147 e. The Morgan fingerprint density at radius 1 is 1.42 bits per heavy atom. The fourth-order valence-electron chi connectivity index (χ4n) is 3.19. The van der Waals surface area contributed by atoms with Gasteiger partial charge in [-0.1, -0.05) is 26.8 Å². The van der Waals surface area contributed by atoms with E-state index >= 15 is 0 Å². The molecule has 0 radical (unpaired) electrons. The molecule has 0 aromatic carbocycles. The summed E-state index contributed by atoms with van der Waals surface area (Å²) in [5.74, 6) is 2.06. The first-order valence-corrected chi connectivity index (χ1v) is 7.85. The van der Waals surface area contributed by atoms with E-state index in [0.717, 1.165) is 18.8 Å². The van der Waals surface area contributed by atoms with E-state index in [-0.39, 0.29) is 10.8 Å². The number of aryl methyl sites for hydroxylation is 2. The van der Waals surface area contributed by atoms with Crippen LogP contribution in [-0.4, -0.2) is 14.8 Å². The molecule has 1 unspecified atom stereocenters. The highest BCUT2D eigenvalue weighted by atomic mass is 32.1. The second-order valence-corrected chi connectivity index (χ2v) is 7.10. The first-order chi connectivity index (χ1) is 9.01. The fourth-order valence-corrected chi connectivity index (χ4v) is 4.29. The summed E-state index contributed by atoms with van der Waals surface area (Å²) in [4.78, 5) is 6.21. The molecule has 0 spiro atoms. The Kier molecular flexibility index (Phi) is 2.82. The standard InChI is InChI=1S/C15H21N3S/c1-5-8-18-13(16-11(2)17-18)15(10-14(15,3)4)12-7-6-9-19-12/h6-7,9H,5,8,10H2,1-4H3. The van der Waals surface area contributed by atoms with E-state index in [1.165, 1.54) is 17.1 Å². The van der Waals surface area contributed by atoms with Crippen LogP contribution < -0.4 is 0 Å². The molecule has 19 heavy (non-hydrogen) atoms. The van der Waals surface area contributed by atoms with E-state index in [1.54, 1.807) is 0 Å². The lowest BCUT2D eigenvalue weighted by atomic mass is 9.93. The maximum absolute atomic E-state index is 4.77. The molecule has 102 valence electrons. The molecule has 0 N–H and O–H groups in total. The third-order valence-corrected chi connectivity index (χ3v) is 5.31. The van der Waals surface area contributed by atoms with Gasteiger partial charge in [0.25, 0.3) is 0 Å². The normalized spacial score (nSPS) is 24.6. The zero-order valence-electron chi connectivity index (χ0n) is 12.1. The molecule has 0 saturated heterocycles. The maximum atomic E-state index is 4.77. The van der Waals surface area contributed by atoms with E-state index in [0.29, 0.717) is 0 Å². The van der Waals surface area contributed by atoms with Crippen LogP contribution in [0.2, 0.25) is 0 Å². The lowest BCUT2D eigenvalue weighted by Crippen LogP contribution is -2.21. The van der Waals surface area contributed by atoms with E-state index < -0.39 is 0 Å². The van der Waals surface area contributed by atoms with Gasteiger partial charge in [0.05, 0.1) is 5.41 Å². The van der Waals surface area contributed by atoms with Crippen LogP contribution in [0.15, 0.2) is 17.5 Å². The molecule has 1 fully saturated rings.